The van der Waals surface area contributed by atoms with Crippen LogP contribution in [0.2, 0.25) is 0 Å². The molecule has 1 N–H and O–H groups in total. The maximum absolute atomic E-state index is 12.1. The van der Waals surface area contributed by atoms with Crippen LogP contribution in [0.25, 0.3) is 0 Å². The molecule has 0 aliphatic carbocycles. The van der Waals surface area contributed by atoms with Crippen molar-refractivity contribution in [3.05, 3.63) is 62.5 Å². The Morgan fingerprint density at radius 1 is 1.16 bits per heavy atom. The van der Waals surface area contributed by atoms with Crippen LogP contribution in [0.1, 0.15) is 15.9 Å². The molecule has 0 atom stereocenters. The molecule has 94 valence electrons. The highest BCUT2D eigenvalue weighted by Gasteiger charge is 2.12. The fourth-order valence-corrected chi connectivity index (χ4v) is 2.78. The van der Waals surface area contributed by atoms with Crippen molar-refractivity contribution < 1.29 is 4.79 Å². The van der Waals surface area contributed by atoms with E-state index in [4.69, 9.17) is 5.26 Å². The van der Waals surface area contributed by atoms with Crippen LogP contribution in [0, 0.1) is 11.3 Å². The number of anilines is 1. The van der Waals surface area contributed by atoms with E-state index in [1.807, 2.05) is 6.07 Å². The maximum Gasteiger partial charge on any atom is 0.256 e. The third-order valence-corrected chi connectivity index (χ3v) is 3.62. The van der Waals surface area contributed by atoms with E-state index < -0.39 is 0 Å². The van der Waals surface area contributed by atoms with Crippen molar-refractivity contribution in [1.82, 2.24) is 0 Å². The van der Waals surface area contributed by atoms with Gasteiger partial charge in [-0.1, -0.05) is 28.1 Å². The molecule has 0 unspecified atom stereocenters. The summed E-state index contributed by atoms with van der Waals surface area (Å²) in [5, 5.41) is 11.7. The van der Waals surface area contributed by atoms with E-state index in [-0.39, 0.29) is 5.91 Å². The summed E-state index contributed by atoms with van der Waals surface area (Å²) in [5.41, 5.74) is 1.45. The average molecular weight is 380 g/mol. The zero-order valence-corrected chi connectivity index (χ0v) is 12.8. The number of carbonyl (C=O) groups is 1. The van der Waals surface area contributed by atoms with Gasteiger partial charge in [-0.15, -0.1) is 0 Å². The van der Waals surface area contributed by atoms with Crippen molar-refractivity contribution in [1.29, 1.82) is 5.26 Å². The van der Waals surface area contributed by atoms with Gasteiger partial charge in [0.25, 0.3) is 5.91 Å². The second kappa shape index (κ2) is 6.00. The van der Waals surface area contributed by atoms with Crippen LogP contribution in [0.3, 0.4) is 0 Å². The van der Waals surface area contributed by atoms with Crippen molar-refractivity contribution >= 4 is 43.5 Å². The summed E-state index contributed by atoms with van der Waals surface area (Å²) in [6.45, 7) is 0. The zero-order valence-electron chi connectivity index (χ0n) is 9.65. The van der Waals surface area contributed by atoms with Gasteiger partial charge >= 0.3 is 0 Å². The van der Waals surface area contributed by atoms with E-state index in [1.54, 1.807) is 42.5 Å². The van der Waals surface area contributed by atoms with Gasteiger partial charge in [-0.2, -0.15) is 5.26 Å². The number of carbonyl (C=O) groups excluding carboxylic acids is 1. The number of para-hydroxylation sites is 1. The summed E-state index contributed by atoms with van der Waals surface area (Å²) in [7, 11) is 0. The minimum atomic E-state index is -0.262. The fraction of sp³-hybridized carbons (Fsp3) is 0. The Balaban J connectivity index is 2.29. The first kappa shape index (κ1) is 13.8. The van der Waals surface area contributed by atoms with Gasteiger partial charge in [0.05, 0.1) is 16.8 Å². The van der Waals surface area contributed by atoms with E-state index in [1.165, 1.54) is 0 Å². The van der Waals surface area contributed by atoms with Crippen LogP contribution in [-0.2, 0) is 0 Å². The zero-order chi connectivity index (χ0) is 13.8. The number of nitrogens with zero attached hydrogens (tertiary/aromatic N) is 1. The van der Waals surface area contributed by atoms with Gasteiger partial charge in [0.15, 0.2) is 0 Å². The van der Waals surface area contributed by atoms with Gasteiger partial charge in [0.1, 0.15) is 6.07 Å². The molecule has 0 bridgehead atoms. The number of amides is 1. The molecule has 5 heteroatoms. The molecule has 0 aliphatic rings. The highest BCUT2D eigenvalue weighted by atomic mass is 79.9. The summed E-state index contributed by atoms with van der Waals surface area (Å²) in [5.74, 6) is -0.262. The summed E-state index contributed by atoms with van der Waals surface area (Å²) >= 11 is 6.67. The first-order valence-electron chi connectivity index (χ1n) is 5.37. The molecule has 19 heavy (non-hydrogen) atoms. The molecule has 2 aromatic rings. The van der Waals surface area contributed by atoms with Gasteiger partial charge in [-0.25, -0.2) is 0 Å². The number of hydrogen-bond donors (Lipinski definition) is 1. The van der Waals surface area contributed by atoms with Gasteiger partial charge in [0.2, 0.25) is 0 Å². The summed E-state index contributed by atoms with van der Waals surface area (Å²) in [4.78, 5) is 12.1. The molecule has 0 aromatic heterocycles. The highest BCUT2D eigenvalue weighted by Crippen LogP contribution is 2.23. The lowest BCUT2D eigenvalue weighted by atomic mass is 10.1. The highest BCUT2D eigenvalue weighted by molar-refractivity contribution is 9.11. The molecule has 1 amide bonds. The number of nitrogens with one attached hydrogen (secondary N) is 1. The van der Waals surface area contributed by atoms with Crippen LogP contribution in [0.5, 0.6) is 0 Å². The van der Waals surface area contributed by atoms with E-state index in [0.717, 1.165) is 4.47 Å². The number of benzene rings is 2. The number of halogens is 2. The van der Waals surface area contributed by atoms with Crippen LogP contribution in [-0.4, -0.2) is 5.91 Å². The van der Waals surface area contributed by atoms with Crippen molar-refractivity contribution in [2.45, 2.75) is 0 Å². The topological polar surface area (TPSA) is 52.9 Å². The Labute approximate surface area is 127 Å². The molecule has 0 saturated heterocycles. The Bertz CT molecular complexity index is 677. The van der Waals surface area contributed by atoms with Crippen molar-refractivity contribution in [2.24, 2.45) is 0 Å². The predicted octanol–water partition coefficient (Wildman–Crippen LogP) is 4.34. The fourth-order valence-electron chi connectivity index (χ4n) is 1.55. The number of rotatable bonds is 2. The molecule has 0 spiro atoms. The quantitative estimate of drug-likeness (QED) is 0.843. The molecule has 0 heterocycles. The molecule has 0 radical (unpaired) electrons. The van der Waals surface area contributed by atoms with E-state index in [2.05, 4.69) is 37.2 Å². The Hall–Kier alpha value is -1.64. The summed E-state index contributed by atoms with van der Waals surface area (Å²) < 4.78 is 1.57. The van der Waals surface area contributed by atoms with Crippen molar-refractivity contribution in [3.63, 3.8) is 0 Å². The largest absolute Gasteiger partial charge is 0.321 e. The lowest BCUT2D eigenvalue weighted by Gasteiger charge is -2.08. The van der Waals surface area contributed by atoms with Crippen LogP contribution in [0.15, 0.2) is 51.4 Å². The second-order valence-electron chi connectivity index (χ2n) is 3.74. The third-order valence-electron chi connectivity index (χ3n) is 2.47. The monoisotopic (exact) mass is 378 g/mol. The normalized spacial score (nSPS) is 9.74. The lowest BCUT2D eigenvalue weighted by molar-refractivity contribution is 0.102. The minimum absolute atomic E-state index is 0.262. The van der Waals surface area contributed by atoms with Crippen LogP contribution in [0.4, 0.5) is 5.69 Å². The lowest BCUT2D eigenvalue weighted by Crippen LogP contribution is -2.13. The molecule has 0 aliphatic heterocycles. The molecule has 0 fully saturated rings. The first-order valence-corrected chi connectivity index (χ1v) is 6.96. The molecule has 0 saturated carbocycles. The third kappa shape index (κ3) is 3.22. The molecular formula is C14H8Br2N2O. The molecule has 2 rings (SSSR count). The van der Waals surface area contributed by atoms with Crippen LogP contribution >= 0.6 is 31.9 Å². The second-order valence-corrected chi connectivity index (χ2v) is 5.51. The van der Waals surface area contributed by atoms with Gasteiger partial charge in [-0.05, 0) is 46.3 Å². The van der Waals surface area contributed by atoms with Crippen molar-refractivity contribution in [3.8, 4) is 6.07 Å². The van der Waals surface area contributed by atoms with Gasteiger partial charge in [-0.3, -0.25) is 4.79 Å². The smallest absolute Gasteiger partial charge is 0.256 e. The molecular weight excluding hydrogens is 372 g/mol. The van der Waals surface area contributed by atoms with E-state index in [9.17, 15) is 4.79 Å². The molecule has 2 aromatic carbocycles. The summed E-state index contributed by atoms with van der Waals surface area (Å²) in [6.07, 6.45) is 0. The minimum Gasteiger partial charge on any atom is -0.321 e. The van der Waals surface area contributed by atoms with Crippen molar-refractivity contribution in [2.75, 3.05) is 5.32 Å². The average Bonchev–Trinajstić information content (AvgIpc) is 2.39. The van der Waals surface area contributed by atoms with Gasteiger partial charge < -0.3 is 5.32 Å². The molecule has 3 nitrogen and oxygen atoms in total. The number of hydrogen-bond acceptors (Lipinski definition) is 2. The van der Waals surface area contributed by atoms with E-state index >= 15 is 0 Å². The van der Waals surface area contributed by atoms with E-state index in [0.29, 0.717) is 21.3 Å². The first-order chi connectivity index (χ1) is 9.11. The van der Waals surface area contributed by atoms with Crippen LogP contribution < -0.4 is 5.32 Å². The predicted molar refractivity (Wildman–Crippen MR) is 81.0 cm³/mol. The maximum atomic E-state index is 12.1. The standard InChI is InChI=1S/C14H8Br2N2O/c15-10-5-6-11(12(16)7-10)14(19)18-13-4-2-1-3-9(13)8-17/h1-7H,(H,18,19). The Morgan fingerprint density at radius 3 is 2.58 bits per heavy atom. The Morgan fingerprint density at radius 2 is 1.89 bits per heavy atom. The summed E-state index contributed by atoms with van der Waals surface area (Å²) in [6, 6.07) is 14.2. The number of nitriles is 1. The SMILES string of the molecule is N#Cc1ccccc1NC(=O)c1ccc(Br)cc1Br. The Kier molecular flexibility index (Phi) is 4.35. The van der Waals surface area contributed by atoms with Gasteiger partial charge in [0, 0.05) is 8.95 Å².